The third-order valence-electron chi connectivity index (χ3n) is 3.53. The molecule has 2 atom stereocenters. The van der Waals surface area contributed by atoms with Gasteiger partial charge in [-0.15, -0.1) is 0 Å². The lowest BCUT2D eigenvalue weighted by molar-refractivity contribution is 0.419. The van der Waals surface area contributed by atoms with Crippen LogP contribution < -0.4 is 10.5 Å². The molecular formula is C13H19FN2O2S2. The van der Waals surface area contributed by atoms with Crippen LogP contribution in [-0.2, 0) is 10.0 Å². The molecule has 20 heavy (non-hydrogen) atoms. The molecule has 2 rings (SSSR count). The third kappa shape index (κ3) is 3.65. The van der Waals surface area contributed by atoms with E-state index in [-0.39, 0.29) is 16.6 Å². The normalized spacial score (nSPS) is 23.7. The highest BCUT2D eigenvalue weighted by Crippen LogP contribution is 2.28. The molecule has 0 heterocycles. The first-order valence-corrected chi connectivity index (χ1v) is 9.29. The molecule has 0 spiro atoms. The van der Waals surface area contributed by atoms with Gasteiger partial charge in [-0.1, -0.05) is 6.42 Å². The molecule has 1 aliphatic carbocycles. The first kappa shape index (κ1) is 15.6. The van der Waals surface area contributed by atoms with E-state index in [0.717, 1.165) is 37.8 Å². The topological polar surface area (TPSA) is 72.2 Å². The van der Waals surface area contributed by atoms with E-state index >= 15 is 0 Å². The maximum Gasteiger partial charge on any atom is 0.243 e. The van der Waals surface area contributed by atoms with Gasteiger partial charge in [-0.05, 0) is 43.7 Å². The number of nitrogen functional groups attached to an aromatic ring is 1. The van der Waals surface area contributed by atoms with Crippen LogP contribution >= 0.6 is 11.8 Å². The molecule has 1 saturated carbocycles. The van der Waals surface area contributed by atoms with Gasteiger partial charge in [0.05, 0.1) is 0 Å². The highest BCUT2D eigenvalue weighted by atomic mass is 32.2. The van der Waals surface area contributed by atoms with Crippen molar-refractivity contribution in [2.75, 3.05) is 12.0 Å². The van der Waals surface area contributed by atoms with Crippen LogP contribution in [0.25, 0.3) is 0 Å². The number of sulfonamides is 1. The maximum absolute atomic E-state index is 13.7. The van der Waals surface area contributed by atoms with E-state index in [9.17, 15) is 12.8 Å². The van der Waals surface area contributed by atoms with Gasteiger partial charge in [-0.3, -0.25) is 0 Å². The van der Waals surface area contributed by atoms with Crippen molar-refractivity contribution in [1.82, 2.24) is 4.72 Å². The van der Waals surface area contributed by atoms with E-state index < -0.39 is 15.8 Å². The van der Waals surface area contributed by atoms with E-state index in [1.165, 1.54) is 6.07 Å². The molecule has 0 aliphatic heterocycles. The number of hydrogen-bond acceptors (Lipinski definition) is 4. The van der Waals surface area contributed by atoms with Crippen molar-refractivity contribution in [3.8, 4) is 0 Å². The van der Waals surface area contributed by atoms with E-state index in [2.05, 4.69) is 4.72 Å². The predicted octanol–water partition coefficient (Wildman–Crippen LogP) is 2.36. The van der Waals surface area contributed by atoms with Crippen molar-refractivity contribution >= 4 is 27.5 Å². The second-order valence-electron chi connectivity index (χ2n) is 5.03. The second-order valence-corrected chi connectivity index (χ2v) is 7.85. The Kier molecular flexibility index (Phi) is 4.93. The molecule has 1 aliphatic rings. The third-order valence-corrected chi connectivity index (χ3v) is 6.16. The molecule has 4 nitrogen and oxygen atoms in total. The summed E-state index contributed by atoms with van der Waals surface area (Å²) < 4.78 is 40.8. The molecule has 7 heteroatoms. The van der Waals surface area contributed by atoms with Crippen LogP contribution in [0.4, 0.5) is 10.1 Å². The van der Waals surface area contributed by atoms with E-state index in [1.807, 2.05) is 6.26 Å². The summed E-state index contributed by atoms with van der Waals surface area (Å²) in [5.74, 6) is -0.774. The van der Waals surface area contributed by atoms with E-state index in [0.29, 0.717) is 5.25 Å². The van der Waals surface area contributed by atoms with Crippen molar-refractivity contribution in [1.29, 1.82) is 0 Å². The van der Waals surface area contributed by atoms with Crippen LogP contribution in [-0.4, -0.2) is 26.0 Å². The SMILES string of the molecule is CSC1CCCC(NS(=O)(=O)c2cc(N)ccc2F)C1. The van der Waals surface area contributed by atoms with Crippen LogP contribution in [0.1, 0.15) is 25.7 Å². The maximum atomic E-state index is 13.7. The number of thioether (sulfide) groups is 1. The Hall–Kier alpha value is -0.790. The smallest absolute Gasteiger partial charge is 0.243 e. The van der Waals surface area contributed by atoms with Crippen molar-refractivity contribution in [2.24, 2.45) is 0 Å². The first-order chi connectivity index (χ1) is 9.42. The molecule has 112 valence electrons. The number of nitrogens with two attached hydrogens (primary N) is 1. The van der Waals surface area contributed by atoms with Gasteiger partial charge in [0, 0.05) is 17.0 Å². The fourth-order valence-corrected chi connectivity index (χ4v) is 4.70. The molecule has 2 unspecified atom stereocenters. The molecule has 0 aromatic heterocycles. The van der Waals surface area contributed by atoms with Crippen LogP contribution in [0.5, 0.6) is 0 Å². The molecule has 1 fully saturated rings. The van der Waals surface area contributed by atoms with Gasteiger partial charge in [0.2, 0.25) is 10.0 Å². The molecule has 1 aromatic rings. The zero-order chi connectivity index (χ0) is 14.8. The summed E-state index contributed by atoms with van der Waals surface area (Å²) in [4.78, 5) is -0.372. The highest BCUT2D eigenvalue weighted by Gasteiger charge is 2.27. The monoisotopic (exact) mass is 318 g/mol. The minimum absolute atomic E-state index is 0.132. The molecule has 1 aromatic carbocycles. The zero-order valence-electron chi connectivity index (χ0n) is 11.3. The van der Waals surface area contributed by atoms with Gasteiger partial charge in [-0.25, -0.2) is 17.5 Å². The van der Waals surface area contributed by atoms with Crippen molar-refractivity contribution < 1.29 is 12.8 Å². The van der Waals surface area contributed by atoms with E-state index in [4.69, 9.17) is 5.73 Å². The fourth-order valence-electron chi connectivity index (χ4n) is 2.47. The fraction of sp³-hybridized carbons (Fsp3) is 0.538. The minimum Gasteiger partial charge on any atom is -0.399 e. The lowest BCUT2D eigenvalue weighted by atomic mass is 9.96. The standard InChI is InChI=1S/C13H19FN2O2S2/c1-19-11-4-2-3-10(8-11)16-20(17,18)13-7-9(15)5-6-12(13)14/h5-7,10-11,16H,2-4,8,15H2,1H3. The number of anilines is 1. The van der Waals surface area contributed by atoms with Crippen molar-refractivity contribution in [3.05, 3.63) is 24.0 Å². The highest BCUT2D eigenvalue weighted by molar-refractivity contribution is 7.99. The van der Waals surface area contributed by atoms with Gasteiger partial charge in [0.25, 0.3) is 0 Å². The molecule has 0 amide bonds. The summed E-state index contributed by atoms with van der Waals surface area (Å²) in [6.45, 7) is 0. The molecule has 3 N–H and O–H groups in total. The number of nitrogens with one attached hydrogen (secondary N) is 1. The van der Waals surface area contributed by atoms with Gasteiger partial charge in [0.15, 0.2) is 0 Å². The Morgan fingerprint density at radius 2 is 2.15 bits per heavy atom. The quantitative estimate of drug-likeness (QED) is 0.836. The number of hydrogen-bond donors (Lipinski definition) is 2. The lowest BCUT2D eigenvalue weighted by Gasteiger charge is -2.28. The first-order valence-electron chi connectivity index (χ1n) is 6.52. The largest absolute Gasteiger partial charge is 0.399 e. The molecule has 0 radical (unpaired) electrons. The van der Waals surface area contributed by atoms with Gasteiger partial charge < -0.3 is 5.73 Å². The number of halogens is 1. The van der Waals surface area contributed by atoms with Crippen LogP contribution in [0, 0.1) is 5.82 Å². The average molecular weight is 318 g/mol. The van der Waals surface area contributed by atoms with Crippen LogP contribution in [0.2, 0.25) is 0 Å². The summed E-state index contributed by atoms with van der Waals surface area (Å²) in [5.41, 5.74) is 5.77. The molecular weight excluding hydrogens is 299 g/mol. The Balaban J connectivity index is 2.16. The van der Waals surface area contributed by atoms with E-state index in [1.54, 1.807) is 11.8 Å². The second kappa shape index (κ2) is 6.32. The summed E-state index contributed by atoms with van der Waals surface area (Å²) in [7, 11) is -3.86. The molecule has 0 bridgehead atoms. The summed E-state index contributed by atoms with van der Waals surface area (Å²) >= 11 is 1.75. The Bertz CT molecular complexity index is 578. The average Bonchev–Trinajstić information content (AvgIpc) is 2.41. The Morgan fingerprint density at radius 1 is 1.40 bits per heavy atom. The predicted molar refractivity (Wildman–Crippen MR) is 80.7 cm³/mol. The summed E-state index contributed by atoms with van der Waals surface area (Å²) in [6.07, 6.45) is 5.69. The molecule has 0 saturated heterocycles. The Labute approximate surface area is 123 Å². The van der Waals surface area contributed by atoms with Crippen LogP contribution in [0.3, 0.4) is 0 Å². The van der Waals surface area contributed by atoms with Gasteiger partial charge in [0.1, 0.15) is 10.7 Å². The Morgan fingerprint density at radius 3 is 2.85 bits per heavy atom. The van der Waals surface area contributed by atoms with Crippen molar-refractivity contribution in [2.45, 2.75) is 41.9 Å². The lowest BCUT2D eigenvalue weighted by Crippen LogP contribution is -2.39. The number of benzene rings is 1. The van der Waals surface area contributed by atoms with Crippen LogP contribution in [0.15, 0.2) is 23.1 Å². The summed E-state index contributed by atoms with van der Waals surface area (Å²) in [5, 5.41) is 0.460. The number of rotatable bonds is 4. The minimum atomic E-state index is -3.86. The van der Waals surface area contributed by atoms with Gasteiger partial charge in [-0.2, -0.15) is 11.8 Å². The van der Waals surface area contributed by atoms with Gasteiger partial charge >= 0.3 is 0 Å². The van der Waals surface area contributed by atoms with Crippen molar-refractivity contribution in [3.63, 3.8) is 0 Å². The zero-order valence-corrected chi connectivity index (χ0v) is 12.9. The summed E-state index contributed by atoms with van der Waals surface area (Å²) in [6, 6.07) is 3.45.